The second-order valence-electron chi connectivity index (χ2n) is 2.93. The largest absolute Gasteiger partial charge is 0.364 e. The quantitative estimate of drug-likeness (QED) is 0.748. The van der Waals surface area contributed by atoms with E-state index < -0.39 is 5.91 Å². The fourth-order valence-corrected chi connectivity index (χ4v) is 1.43. The highest BCUT2D eigenvalue weighted by molar-refractivity contribution is 6.05. The van der Waals surface area contributed by atoms with Crippen LogP contribution in [0.25, 0.3) is 10.9 Å². The van der Waals surface area contributed by atoms with E-state index in [4.69, 9.17) is 5.73 Å². The number of aromatic nitrogens is 2. The van der Waals surface area contributed by atoms with Crippen LogP contribution in [0.4, 0.5) is 0 Å². The molecule has 0 bridgehead atoms. The summed E-state index contributed by atoms with van der Waals surface area (Å²) in [5, 5.41) is 7.43. The van der Waals surface area contributed by atoms with Crippen LogP contribution in [0.3, 0.4) is 0 Å². The molecule has 4 nitrogen and oxygen atoms in total. The van der Waals surface area contributed by atoms with E-state index in [0.29, 0.717) is 5.69 Å². The number of nitrogens with zero attached hydrogens (tertiary/aromatic N) is 1. The van der Waals surface area contributed by atoms with Gasteiger partial charge in [0, 0.05) is 5.39 Å². The Bertz CT molecular complexity index is 478. The number of carbonyl (C=O) groups excluding carboxylic acids is 1. The summed E-state index contributed by atoms with van der Waals surface area (Å²) in [6, 6.07) is 5.69. The number of aryl methyl sites for hydroxylation is 1. The zero-order valence-electron chi connectivity index (χ0n) is 7.57. The van der Waals surface area contributed by atoms with Crippen molar-refractivity contribution < 1.29 is 4.79 Å². The van der Waals surface area contributed by atoms with E-state index >= 15 is 0 Å². The highest BCUT2D eigenvalue weighted by Gasteiger charge is 2.11. The Hall–Kier alpha value is -1.55. The van der Waals surface area contributed by atoms with Crippen molar-refractivity contribution in [3.05, 3.63) is 29.5 Å². The van der Waals surface area contributed by atoms with Gasteiger partial charge in [-0.15, -0.1) is 12.4 Å². The van der Waals surface area contributed by atoms with Crippen molar-refractivity contribution >= 4 is 29.2 Å². The molecule has 0 saturated carbocycles. The number of fused-ring (bicyclic) bond motifs is 1. The van der Waals surface area contributed by atoms with E-state index in [9.17, 15) is 4.79 Å². The van der Waals surface area contributed by atoms with Crippen molar-refractivity contribution in [3.63, 3.8) is 0 Å². The average molecular weight is 212 g/mol. The molecule has 0 aliphatic heterocycles. The Kier molecular flexibility index (Phi) is 2.76. The molecule has 0 aliphatic carbocycles. The van der Waals surface area contributed by atoms with Gasteiger partial charge in [-0.05, 0) is 18.6 Å². The van der Waals surface area contributed by atoms with E-state index in [2.05, 4.69) is 10.2 Å². The van der Waals surface area contributed by atoms with E-state index in [1.165, 1.54) is 0 Å². The van der Waals surface area contributed by atoms with E-state index in [-0.39, 0.29) is 12.4 Å². The molecule has 5 heteroatoms. The number of H-pyrrole nitrogens is 1. The minimum atomic E-state index is -0.499. The number of rotatable bonds is 1. The van der Waals surface area contributed by atoms with Gasteiger partial charge in [-0.2, -0.15) is 5.10 Å². The minimum absolute atomic E-state index is 0. The minimum Gasteiger partial charge on any atom is -0.364 e. The van der Waals surface area contributed by atoms with E-state index in [1.54, 1.807) is 0 Å². The summed E-state index contributed by atoms with van der Waals surface area (Å²) >= 11 is 0. The fourth-order valence-electron chi connectivity index (χ4n) is 1.43. The van der Waals surface area contributed by atoms with Crippen molar-refractivity contribution in [2.75, 3.05) is 0 Å². The monoisotopic (exact) mass is 211 g/mol. The van der Waals surface area contributed by atoms with E-state index in [1.807, 2.05) is 25.1 Å². The van der Waals surface area contributed by atoms with Gasteiger partial charge >= 0.3 is 0 Å². The van der Waals surface area contributed by atoms with Crippen LogP contribution in [0.5, 0.6) is 0 Å². The molecule has 0 radical (unpaired) electrons. The zero-order valence-corrected chi connectivity index (χ0v) is 8.39. The summed E-state index contributed by atoms with van der Waals surface area (Å²) in [6.07, 6.45) is 0. The molecule has 14 heavy (non-hydrogen) atoms. The lowest BCUT2D eigenvalue weighted by molar-refractivity contribution is 0.0997. The van der Waals surface area contributed by atoms with Crippen LogP contribution in [-0.4, -0.2) is 16.1 Å². The zero-order chi connectivity index (χ0) is 9.42. The molecule has 1 heterocycles. The number of benzene rings is 1. The first-order valence-corrected chi connectivity index (χ1v) is 3.93. The van der Waals surface area contributed by atoms with Gasteiger partial charge in [0.2, 0.25) is 0 Å². The topological polar surface area (TPSA) is 71.8 Å². The number of primary amides is 1. The molecule has 0 aliphatic rings. The third-order valence-corrected chi connectivity index (χ3v) is 2.03. The van der Waals surface area contributed by atoms with Crippen LogP contribution in [0.15, 0.2) is 18.2 Å². The fraction of sp³-hybridized carbons (Fsp3) is 0.111. The van der Waals surface area contributed by atoms with Crippen LogP contribution < -0.4 is 5.73 Å². The first-order chi connectivity index (χ1) is 6.20. The number of nitrogens with two attached hydrogens (primary N) is 1. The summed E-state index contributed by atoms with van der Waals surface area (Å²) in [5.74, 6) is -0.499. The normalized spacial score (nSPS) is 9.79. The molecule has 1 aromatic carbocycles. The molecule has 1 amide bonds. The van der Waals surface area contributed by atoms with Crippen LogP contribution in [0, 0.1) is 6.92 Å². The van der Waals surface area contributed by atoms with Crippen molar-refractivity contribution in [2.45, 2.75) is 6.92 Å². The number of nitrogens with one attached hydrogen (secondary N) is 1. The molecule has 74 valence electrons. The van der Waals surface area contributed by atoms with Crippen LogP contribution in [0.1, 0.15) is 16.1 Å². The lowest BCUT2D eigenvalue weighted by Crippen LogP contribution is -2.11. The molecule has 1 aromatic heterocycles. The lowest BCUT2D eigenvalue weighted by Gasteiger charge is -1.95. The number of halogens is 1. The summed E-state index contributed by atoms with van der Waals surface area (Å²) in [5.41, 5.74) is 7.33. The highest BCUT2D eigenvalue weighted by Crippen LogP contribution is 2.19. The predicted molar refractivity (Wildman–Crippen MR) is 56.6 cm³/mol. The predicted octanol–water partition coefficient (Wildman–Crippen LogP) is 1.39. The molecule has 2 rings (SSSR count). The van der Waals surface area contributed by atoms with Gasteiger partial charge in [-0.3, -0.25) is 9.89 Å². The van der Waals surface area contributed by atoms with Gasteiger partial charge < -0.3 is 5.73 Å². The number of hydrogen-bond acceptors (Lipinski definition) is 2. The van der Waals surface area contributed by atoms with Crippen molar-refractivity contribution in [2.24, 2.45) is 5.73 Å². The van der Waals surface area contributed by atoms with Gasteiger partial charge in [-0.25, -0.2) is 0 Å². The molecule has 3 N–H and O–H groups in total. The Morgan fingerprint density at radius 3 is 2.86 bits per heavy atom. The maximum Gasteiger partial charge on any atom is 0.269 e. The van der Waals surface area contributed by atoms with Crippen LogP contribution in [-0.2, 0) is 0 Å². The van der Waals surface area contributed by atoms with Gasteiger partial charge in [0.05, 0.1) is 5.52 Å². The summed E-state index contributed by atoms with van der Waals surface area (Å²) in [7, 11) is 0. The Morgan fingerprint density at radius 2 is 2.21 bits per heavy atom. The number of aromatic amines is 1. The number of amides is 1. The highest BCUT2D eigenvalue weighted by atomic mass is 35.5. The SMILES string of the molecule is Cc1cccc2[nH]nc(C(N)=O)c12.Cl. The standard InChI is InChI=1S/C9H9N3O.ClH/c1-5-3-2-4-6-7(5)8(9(10)13)12-11-6;/h2-4H,1H3,(H2,10,13)(H,11,12);1H. The van der Waals surface area contributed by atoms with Crippen molar-refractivity contribution in [1.82, 2.24) is 10.2 Å². The first-order valence-electron chi connectivity index (χ1n) is 3.93. The molecule has 0 unspecified atom stereocenters. The van der Waals surface area contributed by atoms with Gasteiger partial charge in [0.15, 0.2) is 5.69 Å². The molecule has 0 fully saturated rings. The smallest absolute Gasteiger partial charge is 0.269 e. The molecule has 2 aromatic rings. The molecular weight excluding hydrogens is 202 g/mol. The van der Waals surface area contributed by atoms with Crippen LogP contribution >= 0.6 is 12.4 Å². The molecule has 0 atom stereocenters. The average Bonchev–Trinajstić information content (AvgIpc) is 2.49. The Labute approximate surface area is 86.9 Å². The molecule has 0 spiro atoms. The third kappa shape index (κ3) is 1.44. The van der Waals surface area contributed by atoms with Gasteiger partial charge in [0.1, 0.15) is 0 Å². The molecule has 0 saturated heterocycles. The van der Waals surface area contributed by atoms with Crippen LogP contribution in [0.2, 0.25) is 0 Å². The summed E-state index contributed by atoms with van der Waals surface area (Å²) in [4.78, 5) is 11.0. The summed E-state index contributed by atoms with van der Waals surface area (Å²) in [6.45, 7) is 1.92. The molecular formula is C9H10ClN3O. The number of carbonyl (C=O) groups is 1. The van der Waals surface area contributed by atoms with E-state index in [0.717, 1.165) is 16.5 Å². The Balaban J connectivity index is 0.000000980. The van der Waals surface area contributed by atoms with Gasteiger partial charge in [-0.1, -0.05) is 12.1 Å². The first kappa shape index (κ1) is 10.5. The summed E-state index contributed by atoms with van der Waals surface area (Å²) < 4.78 is 0. The maximum atomic E-state index is 11.0. The van der Waals surface area contributed by atoms with Crippen molar-refractivity contribution in [3.8, 4) is 0 Å². The maximum absolute atomic E-state index is 11.0. The number of hydrogen-bond donors (Lipinski definition) is 2. The Morgan fingerprint density at radius 1 is 1.50 bits per heavy atom. The second-order valence-corrected chi connectivity index (χ2v) is 2.93. The second kappa shape index (κ2) is 3.67. The van der Waals surface area contributed by atoms with Crippen molar-refractivity contribution in [1.29, 1.82) is 0 Å². The lowest BCUT2D eigenvalue weighted by atomic mass is 10.1. The van der Waals surface area contributed by atoms with Gasteiger partial charge in [0.25, 0.3) is 5.91 Å². The third-order valence-electron chi connectivity index (χ3n) is 2.03.